The summed E-state index contributed by atoms with van der Waals surface area (Å²) in [4.78, 5) is 43.9. The second-order valence-electron chi connectivity index (χ2n) is 7.36. The average Bonchev–Trinajstić information content (AvgIpc) is 3.34. The lowest BCUT2D eigenvalue weighted by Gasteiger charge is -2.35. The van der Waals surface area contributed by atoms with Crippen molar-refractivity contribution in [1.82, 2.24) is 14.8 Å². The lowest BCUT2D eigenvalue weighted by atomic mass is 10.0. The zero-order valence-corrected chi connectivity index (χ0v) is 16.5. The predicted octanol–water partition coefficient (Wildman–Crippen LogP) is 1.85. The molecule has 3 aromatic rings. The molecule has 4 rings (SSSR count). The molecule has 0 fully saturated rings. The number of carbonyl (C=O) groups is 3. The standard InChI is InChI=1S/C20H19N3O7/c1-20(19(26)27)10-29-15-12-5-4-11(17-21-6-7-28-17)8-13(12)30-16(15)18(25)23(20)9-14(24)22(2)3/h4-8H,9-10H2,1-3H3,(H,26,27). The van der Waals surface area contributed by atoms with Crippen LogP contribution in [0.4, 0.5) is 0 Å². The Labute approximate surface area is 170 Å². The maximum absolute atomic E-state index is 13.3. The fraction of sp³-hybridized carbons (Fsp3) is 0.300. The first kappa shape index (κ1) is 19.5. The number of furan rings is 1. The van der Waals surface area contributed by atoms with Crippen molar-refractivity contribution in [3.63, 3.8) is 0 Å². The average molecular weight is 413 g/mol. The molecule has 1 aliphatic heterocycles. The van der Waals surface area contributed by atoms with E-state index >= 15 is 0 Å². The molecule has 1 aromatic carbocycles. The van der Waals surface area contributed by atoms with Gasteiger partial charge in [-0.3, -0.25) is 9.59 Å². The smallest absolute Gasteiger partial charge is 0.332 e. The van der Waals surface area contributed by atoms with Gasteiger partial charge in [-0.15, -0.1) is 0 Å². The van der Waals surface area contributed by atoms with Crippen molar-refractivity contribution in [3.05, 3.63) is 36.4 Å². The van der Waals surface area contributed by atoms with Crippen LogP contribution in [-0.2, 0) is 9.59 Å². The summed E-state index contributed by atoms with van der Waals surface area (Å²) in [6.45, 7) is 0.554. The summed E-state index contributed by atoms with van der Waals surface area (Å²) in [5, 5.41) is 10.3. The highest BCUT2D eigenvalue weighted by atomic mass is 16.5. The molecule has 0 spiro atoms. The molecule has 1 N–H and O–H groups in total. The van der Waals surface area contributed by atoms with Gasteiger partial charge in [-0.05, 0) is 25.1 Å². The van der Waals surface area contributed by atoms with Gasteiger partial charge in [0.05, 0.1) is 11.6 Å². The second-order valence-corrected chi connectivity index (χ2v) is 7.36. The lowest BCUT2D eigenvalue weighted by Crippen LogP contribution is -2.59. The number of amides is 2. The van der Waals surface area contributed by atoms with Crippen molar-refractivity contribution in [3.8, 4) is 17.2 Å². The predicted molar refractivity (Wildman–Crippen MR) is 103 cm³/mol. The highest BCUT2D eigenvalue weighted by Gasteiger charge is 2.49. The number of carboxylic acid groups (broad SMARTS) is 1. The monoisotopic (exact) mass is 413 g/mol. The first-order valence-corrected chi connectivity index (χ1v) is 9.07. The molecule has 2 aromatic heterocycles. The first-order valence-electron chi connectivity index (χ1n) is 9.07. The molecule has 156 valence electrons. The lowest BCUT2D eigenvalue weighted by molar-refractivity contribution is -0.151. The number of ether oxygens (including phenoxy) is 1. The summed E-state index contributed by atoms with van der Waals surface area (Å²) in [7, 11) is 3.05. The van der Waals surface area contributed by atoms with Crippen molar-refractivity contribution < 1.29 is 33.1 Å². The third-order valence-corrected chi connectivity index (χ3v) is 5.11. The number of hydrogen-bond donors (Lipinski definition) is 1. The minimum atomic E-state index is -1.76. The van der Waals surface area contributed by atoms with Gasteiger partial charge in [-0.1, -0.05) is 0 Å². The zero-order valence-electron chi connectivity index (χ0n) is 16.5. The largest absolute Gasteiger partial charge is 0.486 e. The molecular weight excluding hydrogens is 394 g/mol. The van der Waals surface area contributed by atoms with Crippen molar-refractivity contribution >= 4 is 28.8 Å². The quantitative estimate of drug-likeness (QED) is 0.687. The molecule has 0 aliphatic carbocycles. The van der Waals surface area contributed by atoms with Crippen molar-refractivity contribution in [2.45, 2.75) is 12.5 Å². The number of fused-ring (bicyclic) bond motifs is 3. The third-order valence-electron chi connectivity index (χ3n) is 5.11. The van der Waals surface area contributed by atoms with Crippen LogP contribution in [0.5, 0.6) is 5.75 Å². The Kier molecular flexibility index (Phi) is 4.49. The van der Waals surface area contributed by atoms with Gasteiger partial charge in [0.15, 0.2) is 11.3 Å². The molecule has 30 heavy (non-hydrogen) atoms. The van der Waals surface area contributed by atoms with Crippen LogP contribution in [0.15, 0.2) is 39.5 Å². The van der Waals surface area contributed by atoms with Gasteiger partial charge in [-0.25, -0.2) is 9.78 Å². The van der Waals surface area contributed by atoms with Gasteiger partial charge in [0, 0.05) is 19.7 Å². The molecular formula is C20H19N3O7. The number of likely N-dealkylation sites (N-methyl/N-ethyl adjacent to an activating group) is 1. The summed E-state index contributed by atoms with van der Waals surface area (Å²) in [5.74, 6) is -2.10. The normalized spacial score (nSPS) is 18.6. The zero-order chi connectivity index (χ0) is 21.6. The van der Waals surface area contributed by atoms with E-state index in [0.29, 0.717) is 22.4 Å². The van der Waals surface area contributed by atoms with Gasteiger partial charge in [0.25, 0.3) is 5.91 Å². The summed E-state index contributed by atoms with van der Waals surface area (Å²) >= 11 is 0. The van der Waals surface area contributed by atoms with Gasteiger partial charge >= 0.3 is 5.97 Å². The van der Waals surface area contributed by atoms with E-state index in [-0.39, 0.29) is 18.1 Å². The van der Waals surface area contributed by atoms with E-state index in [4.69, 9.17) is 13.6 Å². The minimum absolute atomic E-state index is 0.140. The molecule has 0 bridgehead atoms. The molecule has 1 atom stereocenters. The van der Waals surface area contributed by atoms with Crippen LogP contribution in [-0.4, -0.2) is 70.5 Å². The van der Waals surface area contributed by atoms with E-state index < -0.39 is 29.9 Å². The Morgan fingerprint density at radius 2 is 2.10 bits per heavy atom. The van der Waals surface area contributed by atoms with Crippen molar-refractivity contribution in [1.29, 1.82) is 0 Å². The Bertz CT molecular complexity index is 1150. The number of carbonyl (C=O) groups excluding carboxylic acids is 2. The number of nitrogens with zero attached hydrogens (tertiary/aromatic N) is 3. The minimum Gasteiger partial charge on any atom is -0.486 e. The van der Waals surface area contributed by atoms with Crippen molar-refractivity contribution in [2.75, 3.05) is 27.2 Å². The second kappa shape index (κ2) is 6.90. The number of hydrogen-bond acceptors (Lipinski definition) is 7. The molecule has 10 heteroatoms. The first-order chi connectivity index (χ1) is 14.2. The molecule has 1 unspecified atom stereocenters. The maximum Gasteiger partial charge on any atom is 0.332 e. The maximum atomic E-state index is 13.3. The number of benzene rings is 1. The van der Waals surface area contributed by atoms with Crippen LogP contribution in [0.2, 0.25) is 0 Å². The molecule has 3 heterocycles. The Balaban J connectivity index is 1.81. The summed E-state index contributed by atoms with van der Waals surface area (Å²) < 4.78 is 16.8. The third kappa shape index (κ3) is 2.97. The van der Waals surface area contributed by atoms with E-state index in [2.05, 4.69) is 4.98 Å². The molecule has 1 aliphatic rings. The number of oxazole rings is 1. The number of aromatic nitrogens is 1. The van der Waals surface area contributed by atoms with Crippen LogP contribution in [0, 0.1) is 0 Å². The van der Waals surface area contributed by atoms with Crippen LogP contribution in [0.1, 0.15) is 17.5 Å². The summed E-state index contributed by atoms with van der Waals surface area (Å²) in [6.07, 6.45) is 2.95. The molecule has 0 saturated heterocycles. The topological polar surface area (TPSA) is 126 Å². The fourth-order valence-electron chi connectivity index (χ4n) is 3.19. The highest BCUT2D eigenvalue weighted by molar-refractivity contribution is 6.05. The molecule has 10 nitrogen and oxygen atoms in total. The number of rotatable bonds is 4. The van der Waals surface area contributed by atoms with Gasteiger partial charge in [-0.2, -0.15) is 0 Å². The number of carboxylic acids is 1. The van der Waals surface area contributed by atoms with E-state index in [9.17, 15) is 19.5 Å². The fourth-order valence-corrected chi connectivity index (χ4v) is 3.19. The molecule has 0 radical (unpaired) electrons. The van der Waals surface area contributed by atoms with E-state index in [1.165, 1.54) is 38.4 Å². The molecule has 0 saturated carbocycles. The van der Waals surface area contributed by atoms with Crippen LogP contribution < -0.4 is 4.74 Å². The van der Waals surface area contributed by atoms with Gasteiger partial charge in [0.2, 0.25) is 17.6 Å². The van der Waals surface area contributed by atoms with E-state index in [1.54, 1.807) is 18.2 Å². The van der Waals surface area contributed by atoms with Crippen molar-refractivity contribution in [2.24, 2.45) is 0 Å². The summed E-state index contributed by atoms with van der Waals surface area (Å²) in [6, 6.07) is 5.06. The molecule has 2 amide bonds. The Morgan fingerprint density at radius 3 is 2.73 bits per heavy atom. The van der Waals surface area contributed by atoms with Crippen LogP contribution >= 0.6 is 0 Å². The summed E-state index contributed by atoms with van der Waals surface area (Å²) in [5.41, 5.74) is -0.769. The SMILES string of the molecule is CN(C)C(=O)CN1C(=O)c2oc3cc(-c4ncco4)ccc3c2OCC1(C)C(=O)O. The van der Waals surface area contributed by atoms with Crippen LogP contribution in [0.3, 0.4) is 0 Å². The van der Waals surface area contributed by atoms with Gasteiger partial charge in [0.1, 0.15) is 25.0 Å². The van der Waals surface area contributed by atoms with E-state index in [1.807, 2.05) is 0 Å². The number of aliphatic carboxylic acids is 1. The Morgan fingerprint density at radius 1 is 1.33 bits per heavy atom. The Hall–Kier alpha value is -3.82. The van der Waals surface area contributed by atoms with Gasteiger partial charge < -0.3 is 28.5 Å². The van der Waals surface area contributed by atoms with Crippen LogP contribution in [0.25, 0.3) is 22.4 Å². The highest BCUT2D eigenvalue weighted by Crippen LogP contribution is 2.39. The van der Waals surface area contributed by atoms with E-state index in [0.717, 1.165) is 4.90 Å².